The number of aromatic nitrogens is 1. The zero-order valence-electron chi connectivity index (χ0n) is 13.5. The minimum atomic E-state index is -1.08. The molecule has 0 radical (unpaired) electrons. The van der Waals surface area contributed by atoms with E-state index in [0.29, 0.717) is 5.56 Å². The Labute approximate surface area is 135 Å². The number of hydrogen-bond donors (Lipinski definition) is 2. The molecule has 0 aliphatic carbocycles. The van der Waals surface area contributed by atoms with Gasteiger partial charge in [-0.05, 0) is 38.0 Å². The standard InChI is InChI=1S/C18H20N2O3/c1-11-6-12(2)8-15(7-11)17(18(22)23)20-16(21)9-14-5-4-13(3)19-10-14/h4-8,10,17H,9H2,1-3H3,(H,20,21)(H,22,23). The maximum Gasteiger partial charge on any atom is 0.330 e. The third-order valence-electron chi connectivity index (χ3n) is 3.47. The first kappa shape index (κ1) is 16.7. The van der Waals surface area contributed by atoms with E-state index in [1.807, 2.05) is 39.0 Å². The van der Waals surface area contributed by atoms with Crippen molar-refractivity contribution in [2.24, 2.45) is 0 Å². The smallest absolute Gasteiger partial charge is 0.330 e. The molecule has 0 aliphatic heterocycles. The number of hydrogen-bond acceptors (Lipinski definition) is 3. The van der Waals surface area contributed by atoms with Crippen LogP contribution in [0.25, 0.3) is 0 Å². The van der Waals surface area contributed by atoms with Crippen molar-refractivity contribution in [3.63, 3.8) is 0 Å². The summed E-state index contributed by atoms with van der Waals surface area (Å²) in [6.45, 7) is 5.66. The van der Waals surface area contributed by atoms with Crippen molar-refractivity contribution in [1.29, 1.82) is 0 Å². The molecule has 2 N–H and O–H groups in total. The van der Waals surface area contributed by atoms with E-state index >= 15 is 0 Å². The molecule has 1 aromatic heterocycles. The maximum atomic E-state index is 12.2. The van der Waals surface area contributed by atoms with E-state index in [1.54, 1.807) is 18.3 Å². The van der Waals surface area contributed by atoms with E-state index in [0.717, 1.165) is 22.4 Å². The number of aryl methyl sites for hydroxylation is 3. The molecule has 5 nitrogen and oxygen atoms in total. The van der Waals surface area contributed by atoms with Gasteiger partial charge in [0, 0.05) is 11.9 Å². The Hall–Kier alpha value is -2.69. The molecule has 0 aliphatic rings. The van der Waals surface area contributed by atoms with Crippen LogP contribution in [0.1, 0.15) is 34.0 Å². The Kier molecular flexibility index (Phi) is 5.11. The van der Waals surface area contributed by atoms with Crippen LogP contribution in [-0.4, -0.2) is 22.0 Å². The van der Waals surface area contributed by atoms with E-state index in [9.17, 15) is 14.7 Å². The molecule has 0 spiro atoms. The second-order valence-corrected chi connectivity index (χ2v) is 5.74. The average molecular weight is 312 g/mol. The number of aliphatic carboxylic acids is 1. The molecule has 120 valence electrons. The Morgan fingerprint density at radius 3 is 2.30 bits per heavy atom. The fourth-order valence-electron chi connectivity index (χ4n) is 2.46. The van der Waals surface area contributed by atoms with Crippen molar-refractivity contribution < 1.29 is 14.7 Å². The second kappa shape index (κ2) is 7.05. The summed E-state index contributed by atoms with van der Waals surface area (Å²) < 4.78 is 0. The summed E-state index contributed by atoms with van der Waals surface area (Å²) in [5, 5.41) is 12.0. The topological polar surface area (TPSA) is 79.3 Å². The monoisotopic (exact) mass is 312 g/mol. The van der Waals surface area contributed by atoms with Gasteiger partial charge in [-0.15, -0.1) is 0 Å². The van der Waals surface area contributed by atoms with Crippen LogP contribution in [0.3, 0.4) is 0 Å². The molecule has 23 heavy (non-hydrogen) atoms. The van der Waals surface area contributed by atoms with E-state index in [4.69, 9.17) is 0 Å². The summed E-state index contributed by atoms with van der Waals surface area (Å²) in [5.74, 6) is -1.42. The van der Waals surface area contributed by atoms with Gasteiger partial charge in [0.15, 0.2) is 6.04 Å². The number of carboxylic acids is 1. The molecule has 0 saturated carbocycles. The van der Waals surface area contributed by atoms with Gasteiger partial charge < -0.3 is 10.4 Å². The lowest BCUT2D eigenvalue weighted by Crippen LogP contribution is -2.34. The van der Waals surface area contributed by atoms with E-state index in [1.165, 1.54) is 0 Å². The highest BCUT2D eigenvalue weighted by Crippen LogP contribution is 2.18. The first-order valence-electron chi connectivity index (χ1n) is 7.37. The summed E-state index contributed by atoms with van der Waals surface area (Å²) in [5.41, 5.74) is 4.11. The third kappa shape index (κ3) is 4.64. The highest BCUT2D eigenvalue weighted by Gasteiger charge is 2.22. The van der Waals surface area contributed by atoms with Crippen LogP contribution in [0.4, 0.5) is 0 Å². The van der Waals surface area contributed by atoms with E-state index in [-0.39, 0.29) is 12.3 Å². The minimum absolute atomic E-state index is 0.0991. The highest BCUT2D eigenvalue weighted by molar-refractivity contribution is 5.85. The number of benzene rings is 1. The van der Waals surface area contributed by atoms with Crippen LogP contribution >= 0.6 is 0 Å². The van der Waals surface area contributed by atoms with Crippen LogP contribution in [0.15, 0.2) is 36.5 Å². The molecule has 2 aromatic rings. The predicted molar refractivity (Wildman–Crippen MR) is 87.1 cm³/mol. The van der Waals surface area contributed by atoms with Crippen molar-refractivity contribution in [3.8, 4) is 0 Å². The van der Waals surface area contributed by atoms with Crippen molar-refractivity contribution in [3.05, 3.63) is 64.5 Å². The van der Waals surface area contributed by atoms with Crippen LogP contribution in [-0.2, 0) is 16.0 Å². The van der Waals surface area contributed by atoms with Crippen LogP contribution in [0.5, 0.6) is 0 Å². The van der Waals surface area contributed by atoms with Gasteiger partial charge in [0.1, 0.15) is 0 Å². The third-order valence-corrected chi connectivity index (χ3v) is 3.47. The summed E-state index contributed by atoms with van der Waals surface area (Å²) in [7, 11) is 0. The lowest BCUT2D eigenvalue weighted by molar-refractivity contribution is -0.141. The summed E-state index contributed by atoms with van der Waals surface area (Å²) in [6, 6.07) is 8.09. The number of nitrogens with zero attached hydrogens (tertiary/aromatic N) is 1. The number of carboxylic acid groups (broad SMARTS) is 1. The number of carbonyl (C=O) groups excluding carboxylic acids is 1. The lowest BCUT2D eigenvalue weighted by atomic mass is 10.0. The number of rotatable bonds is 5. The number of carbonyl (C=O) groups is 2. The molecular weight excluding hydrogens is 292 g/mol. The van der Waals surface area contributed by atoms with Crippen molar-refractivity contribution in [2.75, 3.05) is 0 Å². The molecule has 0 fully saturated rings. The van der Waals surface area contributed by atoms with Crippen LogP contribution in [0, 0.1) is 20.8 Å². The van der Waals surface area contributed by atoms with E-state index < -0.39 is 12.0 Å². The summed E-state index contributed by atoms with van der Waals surface area (Å²) in [4.78, 5) is 27.8. The Morgan fingerprint density at radius 1 is 1.13 bits per heavy atom. The normalized spacial score (nSPS) is 11.8. The van der Waals surface area contributed by atoms with Gasteiger partial charge >= 0.3 is 5.97 Å². The number of pyridine rings is 1. The zero-order chi connectivity index (χ0) is 17.0. The molecule has 1 amide bonds. The van der Waals surface area contributed by atoms with Gasteiger partial charge in [-0.2, -0.15) is 0 Å². The second-order valence-electron chi connectivity index (χ2n) is 5.74. The fraction of sp³-hybridized carbons (Fsp3) is 0.278. The van der Waals surface area contributed by atoms with Gasteiger partial charge in [-0.1, -0.05) is 35.4 Å². The van der Waals surface area contributed by atoms with Crippen LogP contribution < -0.4 is 5.32 Å². The van der Waals surface area contributed by atoms with Crippen molar-refractivity contribution >= 4 is 11.9 Å². The summed E-state index contributed by atoms with van der Waals surface area (Å²) in [6.07, 6.45) is 1.73. The highest BCUT2D eigenvalue weighted by atomic mass is 16.4. The first-order chi connectivity index (χ1) is 10.8. The predicted octanol–water partition coefficient (Wildman–Crippen LogP) is 2.49. The molecule has 0 bridgehead atoms. The van der Waals surface area contributed by atoms with Gasteiger partial charge in [-0.3, -0.25) is 9.78 Å². The molecule has 2 rings (SSSR count). The molecular formula is C18H20N2O3. The fourth-order valence-corrected chi connectivity index (χ4v) is 2.46. The Balaban J connectivity index is 2.14. The van der Waals surface area contributed by atoms with Crippen molar-refractivity contribution in [2.45, 2.75) is 33.2 Å². The summed E-state index contributed by atoms with van der Waals surface area (Å²) >= 11 is 0. The van der Waals surface area contributed by atoms with Crippen LogP contribution in [0.2, 0.25) is 0 Å². The molecule has 1 atom stereocenters. The average Bonchev–Trinajstić information content (AvgIpc) is 2.46. The Morgan fingerprint density at radius 2 is 1.78 bits per heavy atom. The molecule has 1 heterocycles. The SMILES string of the molecule is Cc1cc(C)cc(C(NC(=O)Cc2ccc(C)nc2)C(=O)O)c1. The van der Waals surface area contributed by atoms with Gasteiger partial charge in [0.2, 0.25) is 5.91 Å². The Bertz CT molecular complexity index is 703. The molecule has 0 saturated heterocycles. The zero-order valence-corrected chi connectivity index (χ0v) is 13.5. The molecule has 1 aromatic carbocycles. The number of nitrogens with one attached hydrogen (secondary N) is 1. The quantitative estimate of drug-likeness (QED) is 0.889. The van der Waals surface area contributed by atoms with Gasteiger partial charge in [0.25, 0.3) is 0 Å². The maximum absolute atomic E-state index is 12.2. The molecule has 5 heteroatoms. The number of amides is 1. The largest absolute Gasteiger partial charge is 0.479 e. The van der Waals surface area contributed by atoms with Gasteiger partial charge in [-0.25, -0.2) is 4.79 Å². The van der Waals surface area contributed by atoms with Gasteiger partial charge in [0.05, 0.1) is 6.42 Å². The molecule has 1 unspecified atom stereocenters. The lowest BCUT2D eigenvalue weighted by Gasteiger charge is -2.16. The van der Waals surface area contributed by atoms with Crippen molar-refractivity contribution in [1.82, 2.24) is 10.3 Å². The van der Waals surface area contributed by atoms with E-state index in [2.05, 4.69) is 10.3 Å². The minimum Gasteiger partial charge on any atom is -0.479 e. The first-order valence-corrected chi connectivity index (χ1v) is 7.37.